The molecule has 1 N–H and O–H groups in total. The van der Waals surface area contributed by atoms with Crippen LogP contribution in [0.15, 0.2) is 53.4 Å². The van der Waals surface area contributed by atoms with Gasteiger partial charge in [0.1, 0.15) is 0 Å². The molecular weight excluding hydrogens is 314 g/mol. The summed E-state index contributed by atoms with van der Waals surface area (Å²) in [7, 11) is 0. The van der Waals surface area contributed by atoms with Crippen molar-refractivity contribution >= 4 is 24.2 Å². The summed E-state index contributed by atoms with van der Waals surface area (Å²) in [5.41, 5.74) is 3.85. The maximum atomic E-state index is 6.06. The van der Waals surface area contributed by atoms with Gasteiger partial charge in [-0.3, -0.25) is 0 Å². The number of hydrogen-bond acceptors (Lipinski definition) is 3. The maximum Gasteiger partial charge on any atom is 0.0727 e. The highest BCUT2D eigenvalue weighted by atomic mass is 35.5. The van der Waals surface area contributed by atoms with Crippen molar-refractivity contribution in [2.24, 2.45) is 0 Å². The molecule has 22 heavy (non-hydrogen) atoms. The van der Waals surface area contributed by atoms with Gasteiger partial charge in [0.25, 0.3) is 0 Å². The zero-order chi connectivity index (χ0) is 14.5. The Morgan fingerprint density at radius 1 is 1.09 bits per heavy atom. The SMILES string of the molecule is CSc1ccccc1-c1ccccc1CO[C@H]1CCNC1.Cl. The third kappa shape index (κ3) is 4.05. The Kier molecular flexibility index (Phi) is 6.77. The van der Waals surface area contributed by atoms with Gasteiger partial charge in [0, 0.05) is 11.4 Å². The molecule has 1 fully saturated rings. The largest absolute Gasteiger partial charge is 0.372 e. The Bertz CT molecular complexity index is 599. The van der Waals surface area contributed by atoms with Gasteiger partial charge in [-0.15, -0.1) is 24.2 Å². The van der Waals surface area contributed by atoms with Crippen molar-refractivity contribution in [1.82, 2.24) is 5.32 Å². The van der Waals surface area contributed by atoms with E-state index in [1.807, 2.05) is 0 Å². The van der Waals surface area contributed by atoms with E-state index < -0.39 is 0 Å². The van der Waals surface area contributed by atoms with Gasteiger partial charge < -0.3 is 10.1 Å². The second-order valence-corrected chi connectivity index (χ2v) is 6.13. The summed E-state index contributed by atoms with van der Waals surface area (Å²) in [4.78, 5) is 1.31. The lowest BCUT2D eigenvalue weighted by Crippen LogP contribution is -2.16. The van der Waals surface area contributed by atoms with E-state index in [0.717, 1.165) is 19.5 Å². The second kappa shape index (κ2) is 8.59. The van der Waals surface area contributed by atoms with Crippen LogP contribution in [0.2, 0.25) is 0 Å². The van der Waals surface area contributed by atoms with Crippen molar-refractivity contribution in [2.75, 3.05) is 19.3 Å². The Hall–Kier alpha value is -1.00. The van der Waals surface area contributed by atoms with Crippen LogP contribution < -0.4 is 5.32 Å². The zero-order valence-electron chi connectivity index (χ0n) is 12.7. The lowest BCUT2D eigenvalue weighted by atomic mass is 10.00. The first kappa shape index (κ1) is 17.4. The van der Waals surface area contributed by atoms with Crippen LogP contribution in [0, 0.1) is 0 Å². The van der Waals surface area contributed by atoms with E-state index in [9.17, 15) is 0 Å². The molecule has 0 radical (unpaired) electrons. The summed E-state index contributed by atoms with van der Waals surface area (Å²) >= 11 is 1.79. The highest BCUT2D eigenvalue weighted by molar-refractivity contribution is 7.98. The van der Waals surface area contributed by atoms with Crippen LogP contribution in [0.5, 0.6) is 0 Å². The fourth-order valence-electron chi connectivity index (χ4n) is 2.75. The lowest BCUT2D eigenvalue weighted by molar-refractivity contribution is 0.0545. The molecule has 0 saturated carbocycles. The minimum Gasteiger partial charge on any atom is -0.372 e. The molecule has 0 amide bonds. The van der Waals surface area contributed by atoms with E-state index >= 15 is 0 Å². The first-order valence-corrected chi connectivity index (χ1v) is 8.64. The Labute approximate surface area is 143 Å². The molecule has 0 bridgehead atoms. The van der Waals surface area contributed by atoms with Crippen molar-refractivity contribution in [3.63, 3.8) is 0 Å². The van der Waals surface area contributed by atoms with Crippen LogP contribution in [0.25, 0.3) is 11.1 Å². The lowest BCUT2D eigenvalue weighted by Gasteiger charge is -2.15. The fraction of sp³-hybridized carbons (Fsp3) is 0.333. The average Bonchev–Trinajstić information content (AvgIpc) is 3.06. The highest BCUT2D eigenvalue weighted by Gasteiger charge is 2.16. The van der Waals surface area contributed by atoms with E-state index in [4.69, 9.17) is 4.74 Å². The van der Waals surface area contributed by atoms with Crippen molar-refractivity contribution in [3.05, 3.63) is 54.1 Å². The van der Waals surface area contributed by atoms with Crippen molar-refractivity contribution < 1.29 is 4.74 Å². The van der Waals surface area contributed by atoms with E-state index in [0.29, 0.717) is 12.7 Å². The number of ether oxygens (including phenoxy) is 1. The third-order valence-electron chi connectivity index (χ3n) is 3.90. The molecule has 1 saturated heterocycles. The van der Waals surface area contributed by atoms with Crippen LogP contribution in [-0.2, 0) is 11.3 Å². The molecule has 0 unspecified atom stereocenters. The summed E-state index contributed by atoms with van der Waals surface area (Å²) in [5.74, 6) is 0. The molecule has 2 aromatic rings. The van der Waals surface area contributed by atoms with Gasteiger partial charge in [-0.25, -0.2) is 0 Å². The van der Waals surface area contributed by atoms with Gasteiger partial charge in [-0.05, 0) is 42.0 Å². The van der Waals surface area contributed by atoms with E-state index in [2.05, 4.69) is 60.1 Å². The number of benzene rings is 2. The Morgan fingerprint density at radius 3 is 2.55 bits per heavy atom. The molecule has 0 aliphatic carbocycles. The highest BCUT2D eigenvalue weighted by Crippen LogP contribution is 2.32. The monoisotopic (exact) mass is 335 g/mol. The molecule has 4 heteroatoms. The summed E-state index contributed by atoms with van der Waals surface area (Å²) < 4.78 is 6.06. The van der Waals surface area contributed by atoms with Crippen LogP contribution in [-0.4, -0.2) is 25.4 Å². The minimum atomic E-state index is 0. The van der Waals surface area contributed by atoms with Gasteiger partial charge in [-0.2, -0.15) is 0 Å². The molecule has 0 aromatic heterocycles. The minimum absolute atomic E-state index is 0. The van der Waals surface area contributed by atoms with Crippen LogP contribution in [0.4, 0.5) is 0 Å². The Morgan fingerprint density at radius 2 is 1.82 bits per heavy atom. The van der Waals surface area contributed by atoms with Gasteiger partial charge in [0.15, 0.2) is 0 Å². The van der Waals surface area contributed by atoms with Crippen molar-refractivity contribution in [3.8, 4) is 11.1 Å². The standard InChI is InChI=1S/C18H21NOS.ClH/c1-21-18-9-5-4-8-17(18)16-7-3-2-6-14(16)13-20-15-10-11-19-12-15;/h2-9,15,19H,10-13H2,1H3;1H/t15-;/m0./s1. The number of rotatable bonds is 5. The molecular formula is C18H22ClNOS. The smallest absolute Gasteiger partial charge is 0.0727 e. The average molecular weight is 336 g/mol. The van der Waals surface area contributed by atoms with E-state index in [1.54, 1.807) is 11.8 Å². The molecule has 2 aromatic carbocycles. The number of halogens is 1. The number of hydrogen-bond donors (Lipinski definition) is 1. The first-order valence-electron chi connectivity index (χ1n) is 7.42. The van der Waals surface area contributed by atoms with Crippen LogP contribution >= 0.6 is 24.2 Å². The summed E-state index contributed by atoms with van der Waals surface area (Å²) in [5, 5.41) is 3.34. The van der Waals surface area contributed by atoms with Crippen molar-refractivity contribution in [2.45, 2.75) is 24.0 Å². The predicted molar refractivity (Wildman–Crippen MR) is 97.0 cm³/mol. The summed E-state index contributed by atoms with van der Waals surface area (Å²) in [6, 6.07) is 17.1. The van der Waals surface area contributed by atoms with Gasteiger partial charge in [0.05, 0.1) is 12.7 Å². The first-order chi connectivity index (χ1) is 10.4. The molecule has 2 nitrogen and oxygen atoms in total. The van der Waals surface area contributed by atoms with Gasteiger partial charge in [0.2, 0.25) is 0 Å². The normalized spacial score (nSPS) is 17.2. The fourth-order valence-corrected chi connectivity index (χ4v) is 3.37. The maximum absolute atomic E-state index is 6.06. The van der Waals surface area contributed by atoms with Gasteiger partial charge in [-0.1, -0.05) is 42.5 Å². The molecule has 0 spiro atoms. The van der Waals surface area contributed by atoms with Crippen molar-refractivity contribution in [1.29, 1.82) is 0 Å². The zero-order valence-corrected chi connectivity index (χ0v) is 14.4. The topological polar surface area (TPSA) is 21.3 Å². The molecule has 1 aliphatic rings. The van der Waals surface area contributed by atoms with Gasteiger partial charge >= 0.3 is 0 Å². The van der Waals surface area contributed by atoms with Crippen LogP contribution in [0.1, 0.15) is 12.0 Å². The van der Waals surface area contributed by atoms with E-state index in [-0.39, 0.29) is 12.4 Å². The third-order valence-corrected chi connectivity index (χ3v) is 4.70. The van der Waals surface area contributed by atoms with E-state index in [1.165, 1.54) is 21.6 Å². The molecule has 1 aliphatic heterocycles. The second-order valence-electron chi connectivity index (χ2n) is 5.28. The molecule has 1 atom stereocenters. The predicted octanol–water partition coefficient (Wildman–Crippen LogP) is 4.38. The summed E-state index contributed by atoms with van der Waals surface area (Å²) in [6.45, 7) is 2.73. The molecule has 118 valence electrons. The molecule has 3 rings (SSSR count). The Balaban J connectivity index is 0.00000176. The molecule has 1 heterocycles. The quantitative estimate of drug-likeness (QED) is 0.819. The summed E-state index contributed by atoms with van der Waals surface area (Å²) in [6.07, 6.45) is 3.60. The van der Waals surface area contributed by atoms with Crippen LogP contribution in [0.3, 0.4) is 0 Å². The number of thioether (sulfide) groups is 1. The number of nitrogens with one attached hydrogen (secondary N) is 1.